The molecule has 23 heavy (non-hydrogen) atoms. The van der Waals surface area contributed by atoms with Crippen LogP contribution >= 0.6 is 0 Å². The normalized spacial score (nSPS) is 16.7. The first-order valence-corrected chi connectivity index (χ1v) is 9.32. The zero-order chi connectivity index (χ0) is 16.4. The first-order valence-electron chi connectivity index (χ1n) is 7.71. The summed E-state index contributed by atoms with van der Waals surface area (Å²) in [7, 11) is -3.11. The predicted octanol–water partition coefficient (Wildman–Crippen LogP) is 1.05. The lowest BCUT2D eigenvalue weighted by molar-refractivity contribution is 0.384. The number of hydrogen-bond acceptors (Lipinski definition) is 5. The van der Waals surface area contributed by atoms with Gasteiger partial charge in [0.1, 0.15) is 17.5 Å². The predicted molar refractivity (Wildman–Crippen MR) is 89.3 cm³/mol. The van der Waals surface area contributed by atoms with Crippen LogP contribution in [0.3, 0.4) is 0 Å². The Kier molecular flexibility index (Phi) is 4.36. The Hall–Kier alpha value is -1.93. The maximum Gasteiger partial charge on any atom is 0.213 e. The Labute approximate surface area is 136 Å². The minimum absolute atomic E-state index is 0.150. The number of aryl methyl sites for hydroxylation is 1. The maximum atomic E-state index is 11.9. The van der Waals surface area contributed by atoms with Gasteiger partial charge in [0.25, 0.3) is 0 Å². The third-order valence-electron chi connectivity index (χ3n) is 4.00. The second-order valence-corrected chi connectivity index (χ2v) is 7.77. The lowest BCUT2D eigenvalue weighted by atomic mass is 10.3. The van der Waals surface area contributed by atoms with Crippen molar-refractivity contribution in [3.05, 3.63) is 36.4 Å². The molecular formula is C15H21N5O2S. The highest BCUT2D eigenvalue weighted by molar-refractivity contribution is 7.89. The smallest absolute Gasteiger partial charge is 0.213 e. The van der Waals surface area contributed by atoms with Gasteiger partial charge in [0.2, 0.25) is 10.0 Å². The minimum atomic E-state index is -3.11. The van der Waals surface area contributed by atoms with Crippen LogP contribution in [0.1, 0.15) is 12.7 Å². The van der Waals surface area contributed by atoms with Crippen molar-refractivity contribution in [3.8, 4) is 5.82 Å². The molecule has 0 atom stereocenters. The van der Waals surface area contributed by atoms with E-state index in [1.165, 1.54) is 0 Å². The van der Waals surface area contributed by atoms with E-state index >= 15 is 0 Å². The van der Waals surface area contributed by atoms with Gasteiger partial charge in [0, 0.05) is 44.6 Å². The monoisotopic (exact) mass is 335 g/mol. The van der Waals surface area contributed by atoms with E-state index in [1.54, 1.807) is 11.2 Å². The molecule has 0 N–H and O–H groups in total. The summed E-state index contributed by atoms with van der Waals surface area (Å²) in [6.45, 7) is 5.82. The molecule has 1 aliphatic heterocycles. The summed E-state index contributed by atoms with van der Waals surface area (Å²) >= 11 is 0. The third kappa shape index (κ3) is 3.37. The fourth-order valence-electron chi connectivity index (χ4n) is 2.70. The van der Waals surface area contributed by atoms with E-state index in [9.17, 15) is 8.42 Å². The zero-order valence-corrected chi connectivity index (χ0v) is 14.2. The van der Waals surface area contributed by atoms with E-state index in [0.29, 0.717) is 32.0 Å². The average molecular weight is 335 g/mol. The molecule has 0 aromatic carbocycles. The maximum absolute atomic E-state index is 11.9. The molecule has 0 spiro atoms. The average Bonchev–Trinajstić information content (AvgIpc) is 3.09. The van der Waals surface area contributed by atoms with Gasteiger partial charge in [-0.15, -0.1) is 0 Å². The molecule has 0 amide bonds. The van der Waals surface area contributed by atoms with Gasteiger partial charge >= 0.3 is 0 Å². The van der Waals surface area contributed by atoms with Crippen LogP contribution in [-0.2, 0) is 10.0 Å². The molecule has 2 aromatic rings. The van der Waals surface area contributed by atoms with Crippen LogP contribution in [0.25, 0.3) is 5.82 Å². The van der Waals surface area contributed by atoms with E-state index < -0.39 is 10.0 Å². The summed E-state index contributed by atoms with van der Waals surface area (Å²) in [6.07, 6.45) is 3.88. The Morgan fingerprint density at radius 3 is 2.26 bits per heavy atom. The molecule has 1 fully saturated rings. The van der Waals surface area contributed by atoms with Crippen molar-refractivity contribution < 1.29 is 8.42 Å². The number of nitrogens with zero attached hydrogens (tertiary/aromatic N) is 5. The second-order valence-electron chi connectivity index (χ2n) is 5.51. The van der Waals surface area contributed by atoms with Crippen molar-refractivity contribution in [2.75, 3.05) is 36.8 Å². The quantitative estimate of drug-likeness (QED) is 0.835. The van der Waals surface area contributed by atoms with Gasteiger partial charge in [-0.05, 0) is 26.0 Å². The van der Waals surface area contributed by atoms with E-state index in [-0.39, 0.29) is 5.75 Å². The topological polar surface area (TPSA) is 71.3 Å². The van der Waals surface area contributed by atoms with Crippen molar-refractivity contribution in [3.63, 3.8) is 0 Å². The second kappa shape index (κ2) is 6.29. The number of hydrogen-bond donors (Lipinski definition) is 0. The Morgan fingerprint density at radius 1 is 1.04 bits per heavy atom. The number of rotatable bonds is 4. The van der Waals surface area contributed by atoms with Gasteiger partial charge in [0.05, 0.1) is 5.75 Å². The molecule has 0 aliphatic carbocycles. The van der Waals surface area contributed by atoms with Crippen molar-refractivity contribution >= 4 is 15.8 Å². The molecule has 7 nitrogen and oxygen atoms in total. The molecule has 124 valence electrons. The SMILES string of the molecule is CCS(=O)(=O)N1CCN(c2cc(-n3cccc3)nc(C)n2)CC1. The van der Waals surface area contributed by atoms with Gasteiger partial charge in [0.15, 0.2) is 0 Å². The van der Waals surface area contributed by atoms with E-state index in [2.05, 4.69) is 14.9 Å². The molecule has 2 aromatic heterocycles. The lowest BCUT2D eigenvalue weighted by Crippen LogP contribution is -2.49. The highest BCUT2D eigenvalue weighted by atomic mass is 32.2. The number of sulfonamides is 1. The lowest BCUT2D eigenvalue weighted by Gasteiger charge is -2.34. The fraction of sp³-hybridized carbons (Fsp3) is 0.467. The van der Waals surface area contributed by atoms with Crippen LogP contribution in [-0.4, -0.2) is 59.2 Å². The summed E-state index contributed by atoms with van der Waals surface area (Å²) < 4.78 is 27.4. The summed E-state index contributed by atoms with van der Waals surface area (Å²) in [5.74, 6) is 2.52. The van der Waals surface area contributed by atoms with E-state index in [4.69, 9.17) is 0 Å². The van der Waals surface area contributed by atoms with Gasteiger partial charge < -0.3 is 9.47 Å². The van der Waals surface area contributed by atoms with Crippen molar-refractivity contribution in [2.24, 2.45) is 0 Å². The van der Waals surface area contributed by atoms with E-state index in [1.807, 2.05) is 42.1 Å². The number of piperazine rings is 1. The molecule has 0 saturated carbocycles. The summed E-state index contributed by atoms with van der Waals surface area (Å²) in [5, 5.41) is 0. The van der Waals surface area contributed by atoms with Crippen LogP contribution in [0.4, 0.5) is 5.82 Å². The first kappa shape index (κ1) is 15.9. The molecule has 1 aliphatic rings. The summed E-state index contributed by atoms with van der Waals surface area (Å²) in [4.78, 5) is 11.1. The first-order chi connectivity index (χ1) is 11.0. The zero-order valence-electron chi connectivity index (χ0n) is 13.4. The van der Waals surface area contributed by atoms with Gasteiger partial charge in [-0.25, -0.2) is 18.4 Å². The highest BCUT2D eigenvalue weighted by Gasteiger charge is 2.26. The van der Waals surface area contributed by atoms with Gasteiger partial charge in [-0.3, -0.25) is 0 Å². The molecule has 3 heterocycles. The van der Waals surface area contributed by atoms with Gasteiger partial charge in [-0.2, -0.15) is 4.31 Å². The molecule has 3 rings (SSSR count). The van der Waals surface area contributed by atoms with Crippen molar-refractivity contribution in [1.82, 2.24) is 18.8 Å². The number of anilines is 1. The van der Waals surface area contributed by atoms with Crippen LogP contribution in [0.5, 0.6) is 0 Å². The van der Waals surface area contributed by atoms with Crippen LogP contribution in [0.2, 0.25) is 0 Å². The number of aromatic nitrogens is 3. The van der Waals surface area contributed by atoms with Crippen LogP contribution < -0.4 is 4.90 Å². The van der Waals surface area contributed by atoms with Crippen molar-refractivity contribution in [1.29, 1.82) is 0 Å². The van der Waals surface area contributed by atoms with Crippen molar-refractivity contribution in [2.45, 2.75) is 13.8 Å². The molecule has 8 heteroatoms. The van der Waals surface area contributed by atoms with E-state index in [0.717, 1.165) is 11.6 Å². The molecule has 0 bridgehead atoms. The Morgan fingerprint density at radius 2 is 1.65 bits per heavy atom. The Balaban J connectivity index is 1.79. The highest BCUT2D eigenvalue weighted by Crippen LogP contribution is 2.18. The largest absolute Gasteiger partial charge is 0.354 e. The standard InChI is InChI=1S/C15H21N5O2S/c1-3-23(21,22)20-10-8-19(9-11-20)15-12-14(16-13(2)17-15)18-6-4-5-7-18/h4-7,12H,3,8-11H2,1-2H3. The Bertz CT molecular complexity index is 765. The van der Waals surface area contributed by atoms with Crippen LogP contribution in [0, 0.1) is 6.92 Å². The molecule has 0 unspecified atom stereocenters. The van der Waals surface area contributed by atoms with Crippen LogP contribution in [0.15, 0.2) is 30.6 Å². The molecule has 1 saturated heterocycles. The summed E-state index contributed by atoms with van der Waals surface area (Å²) in [6, 6.07) is 5.84. The third-order valence-corrected chi connectivity index (χ3v) is 5.88. The van der Waals surface area contributed by atoms with Gasteiger partial charge in [-0.1, -0.05) is 0 Å². The minimum Gasteiger partial charge on any atom is -0.354 e. The summed E-state index contributed by atoms with van der Waals surface area (Å²) in [5.41, 5.74) is 0. The molecule has 0 radical (unpaired) electrons. The molecular weight excluding hydrogens is 314 g/mol. The fourth-order valence-corrected chi connectivity index (χ4v) is 3.78.